The Balaban J connectivity index is 1.82. The van der Waals surface area contributed by atoms with E-state index in [-0.39, 0.29) is 17.3 Å². The van der Waals surface area contributed by atoms with Gasteiger partial charge in [-0.25, -0.2) is 10.1 Å². The summed E-state index contributed by atoms with van der Waals surface area (Å²) in [7, 11) is 3.69. The number of anilines is 1. The number of hydrogen-bond acceptors (Lipinski definition) is 9. The van der Waals surface area contributed by atoms with Gasteiger partial charge in [0.15, 0.2) is 5.69 Å². The number of carbonyl (C=O) groups is 1. The summed E-state index contributed by atoms with van der Waals surface area (Å²) in [4.78, 5) is 14.4. The predicted molar refractivity (Wildman–Crippen MR) is 97.3 cm³/mol. The molecule has 0 saturated carbocycles. The van der Waals surface area contributed by atoms with Crippen LogP contribution >= 0.6 is 0 Å². The summed E-state index contributed by atoms with van der Waals surface area (Å²) in [5.74, 6) is -0.290. The summed E-state index contributed by atoms with van der Waals surface area (Å²) in [6.07, 6.45) is 1.55. The maximum absolute atomic E-state index is 12.5. The van der Waals surface area contributed by atoms with E-state index in [1.165, 1.54) is 4.68 Å². The molecule has 0 aliphatic carbocycles. The van der Waals surface area contributed by atoms with Crippen molar-refractivity contribution in [1.29, 1.82) is 0 Å². The van der Waals surface area contributed by atoms with E-state index in [4.69, 9.17) is 5.73 Å². The predicted octanol–water partition coefficient (Wildman–Crippen LogP) is 0.366. The van der Waals surface area contributed by atoms with Gasteiger partial charge in [0.05, 0.1) is 11.9 Å². The largest absolute Gasteiger partial charge is 0.378 e. The van der Waals surface area contributed by atoms with Gasteiger partial charge in [0.25, 0.3) is 5.91 Å². The normalized spacial score (nSPS) is 11.4. The highest BCUT2D eigenvalue weighted by molar-refractivity contribution is 5.94. The zero-order valence-electron chi connectivity index (χ0n) is 15.1. The number of carbonyl (C=O) groups excluding carboxylic acids is 1. The van der Waals surface area contributed by atoms with Crippen molar-refractivity contribution in [3.63, 3.8) is 0 Å². The second kappa shape index (κ2) is 7.74. The topological polar surface area (TPSA) is 140 Å². The van der Waals surface area contributed by atoms with Crippen molar-refractivity contribution in [3.8, 4) is 5.82 Å². The van der Waals surface area contributed by atoms with Gasteiger partial charge < -0.3 is 10.6 Å². The third-order valence-corrected chi connectivity index (χ3v) is 3.60. The number of benzene rings is 1. The molecule has 2 aromatic heterocycles. The zero-order chi connectivity index (χ0) is 19.4. The summed E-state index contributed by atoms with van der Waals surface area (Å²) >= 11 is 0. The average molecular weight is 369 g/mol. The Morgan fingerprint density at radius 2 is 2.07 bits per heavy atom. The van der Waals surface area contributed by atoms with Crippen molar-refractivity contribution in [2.24, 2.45) is 5.10 Å². The third-order valence-electron chi connectivity index (χ3n) is 3.60. The molecule has 0 spiro atoms. The molecule has 0 atom stereocenters. The zero-order valence-corrected chi connectivity index (χ0v) is 15.1. The molecule has 11 nitrogen and oxygen atoms in total. The van der Waals surface area contributed by atoms with Gasteiger partial charge in [0.2, 0.25) is 11.6 Å². The summed E-state index contributed by atoms with van der Waals surface area (Å²) in [6.45, 7) is 2.36. The summed E-state index contributed by atoms with van der Waals surface area (Å²) in [5.41, 5.74) is 10.8. The minimum atomic E-state index is -0.503. The van der Waals surface area contributed by atoms with E-state index in [1.54, 1.807) is 6.21 Å². The molecule has 0 aliphatic heterocycles. The van der Waals surface area contributed by atoms with Crippen molar-refractivity contribution >= 4 is 17.9 Å². The van der Waals surface area contributed by atoms with Crippen LogP contribution in [0.25, 0.3) is 5.82 Å². The third kappa shape index (κ3) is 4.15. The van der Waals surface area contributed by atoms with Crippen molar-refractivity contribution in [3.05, 3.63) is 46.8 Å². The lowest BCUT2D eigenvalue weighted by molar-refractivity contribution is 0.0948. The van der Waals surface area contributed by atoms with E-state index in [0.29, 0.717) is 12.2 Å². The maximum atomic E-state index is 12.5. The van der Waals surface area contributed by atoms with Crippen LogP contribution in [-0.2, 0) is 6.54 Å². The summed E-state index contributed by atoms with van der Waals surface area (Å²) in [6, 6.07) is 7.72. The molecule has 1 aromatic carbocycles. The van der Waals surface area contributed by atoms with Gasteiger partial charge in [0.1, 0.15) is 0 Å². The quantitative estimate of drug-likeness (QED) is 0.469. The first-order chi connectivity index (χ1) is 13.0. The average Bonchev–Trinajstić information content (AvgIpc) is 3.22. The van der Waals surface area contributed by atoms with Crippen molar-refractivity contribution in [2.45, 2.75) is 13.5 Å². The number of nitrogens with two attached hydrogens (primary N) is 1. The highest BCUT2D eigenvalue weighted by Gasteiger charge is 2.24. The molecule has 0 unspecified atom stereocenters. The number of amides is 1. The molecule has 2 heterocycles. The van der Waals surface area contributed by atoms with E-state index < -0.39 is 5.91 Å². The molecule has 1 amide bonds. The lowest BCUT2D eigenvalue weighted by Crippen LogP contribution is -2.23. The van der Waals surface area contributed by atoms with Crippen molar-refractivity contribution in [1.82, 2.24) is 35.6 Å². The fourth-order valence-electron chi connectivity index (χ4n) is 2.30. The fraction of sp³-hybridized carbons (Fsp3) is 0.250. The van der Waals surface area contributed by atoms with Crippen molar-refractivity contribution < 1.29 is 9.42 Å². The number of nitrogen functional groups attached to an aromatic ring is 1. The number of nitrogens with one attached hydrogen (secondary N) is 1. The molecule has 0 fully saturated rings. The number of aryl methyl sites for hydroxylation is 1. The van der Waals surface area contributed by atoms with E-state index in [9.17, 15) is 4.79 Å². The number of hydrazone groups is 1. The smallest absolute Gasteiger partial charge is 0.293 e. The molecule has 0 saturated heterocycles. The number of rotatable bonds is 6. The van der Waals surface area contributed by atoms with Gasteiger partial charge in [-0.05, 0) is 36.9 Å². The molecule has 3 N–H and O–H groups in total. The van der Waals surface area contributed by atoms with Gasteiger partial charge in [-0.3, -0.25) is 4.79 Å². The Kier molecular flexibility index (Phi) is 5.22. The van der Waals surface area contributed by atoms with Crippen LogP contribution in [0, 0.1) is 6.92 Å². The van der Waals surface area contributed by atoms with E-state index in [0.717, 1.165) is 11.1 Å². The molecule has 0 bridgehead atoms. The minimum Gasteiger partial charge on any atom is -0.378 e. The first-order valence-electron chi connectivity index (χ1n) is 8.03. The Morgan fingerprint density at radius 3 is 2.70 bits per heavy atom. The molecule has 3 aromatic rings. The second-order valence-corrected chi connectivity index (χ2v) is 6.12. The number of hydrogen-bond donors (Lipinski definition) is 2. The molecule has 140 valence electrons. The highest BCUT2D eigenvalue weighted by atomic mass is 16.6. The molecule has 27 heavy (non-hydrogen) atoms. The Morgan fingerprint density at radius 1 is 1.33 bits per heavy atom. The highest BCUT2D eigenvalue weighted by Crippen LogP contribution is 2.16. The molecule has 3 rings (SSSR count). The van der Waals surface area contributed by atoms with Crippen LogP contribution in [0.4, 0.5) is 5.82 Å². The van der Waals surface area contributed by atoms with E-state index in [2.05, 4.69) is 35.8 Å². The first-order valence-corrected chi connectivity index (χ1v) is 8.03. The molecule has 0 radical (unpaired) electrons. The van der Waals surface area contributed by atoms with Gasteiger partial charge in [-0.1, -0.05) is 35.0 Å². The van der Waals surface area contributed by atoms with Gasteiger partial charge >= 0.3 is 0 Å². The fourth-order valence-corrected chi connectivity index (χ4v) is 2.30. The van der Waals surface area contributed by atoms with Crippen LogP contribution in [0.1, 0.15) is 27.3 Å². The van der Waals surface area contributed by atoms with Crippen LogP contribution in [0.5, 0.6) is 0 Å². The second-order valence-electron chi connectivity index (χ2n) is 6.12. The molecule has 11 heteroatoms. The van der Waals surface area contributed by atoms with Gasteiger partial charge in [-0.15, -0.1) is 5.10 Å². The molecular weight excluding hydrogens is 350 g/mol. The van der Waals surface area contributed by atoms with Gasteiger partial charge in [-0.2, -0.15) is 9.78 Å². The van der Waals surface area contributed by atoms with E-state index >= 15 is 0 Å². The Labute approximate surface area is 154 Å². The van der Waals surface area contributed by atoms with Gasteiger partial charge in [0, 0.05) is 6.54 Å². The SMILES string of the molecule is Cc1ccc(/C=N/NC(=O)c2nnn(-c3nonc3N)c2CN(C)C)cc1. The standard InChI is InChI=1S/C16H19N9O2/c1-10-4-6-11(7-5-10)8-18-20-16(26)13-12(9-24(2)3)25(23-19-13)15-14(17)21-27-22-15/h4-8H,9H2,1-3H3,(H2,17,21)(H,20,26)/b18-8+. The Hall–Kier alpha value is -3.60. The summed E-state index contributed by atoms with van der Waals surface area (Å²) in [5, 5.41) is 19.1. The number of nitrogens with zero attached hydrogens (tertiary/aromatic N) is 7. The summed E-state index contributed by atoms with van der Waals surface area (Å²) < 4.78 is 5.92. The van der Waals surface area contributed by atoms with Crippen LogP contribution in [0.3, 0.4) is 0 Å². The lowest BCUT2D eigenvalue weighted by atomic mass is 10.2. The van der Waals surface area contributed by atoms with Crippen LogP contribution in [0.15, 0.2) is 34.0 Å². The number of aromatic nitrogens is 5. The first kappa shape index (κ1) is 18.2. The molecular formula is C16H19N9O2. The van der Waals surface area contributed by atoms with Crippen LogP contribution in [0.2, 0.25) is 0 Å². The minimum absolute atomic E-state index is 0.0456. The van der Waals surface area contributed by atoms with Crippen LogP contribution < -0.4 is 11.2 Å². The molecule has 0 aliphatic rings. The van der Waals surface area contributed by atoms with Crippen molar-refractivity contribution in [2.75, 3.05) is 19.8 Å². The van der Waals surface area contributed by atoms with E-state index in [1.807, 2.05) is 50.2 Å². The lowest BCUT2D eigenvalue weighted by Gasteiger charge is -2.11. The maximum Gasteiger partial charge on any atom is 0.293 e. The monoisotopic (exact) mass is 369 g/mol. The van der Waals surface area contributed by atoms with Crippen LogP contribution in [-0.4, -0.2) is 56.4 Å². The Bertz CT molecular complexity index is 957.